The van der Waals surface area contributed by atoms with E-state index in [-0.39, 0.29) is 10.6 Å². The van der Waals surface area contributed by atoms with Crippen molar-refractivity contribution in [1.29, 1.82) is 0 Å². The molecule has 0 aliphatic rings. The average Bonchev–Trinajstić information content (AvgIpc) is 2.45. The smallest absolute Gasteiger partial charge is 0.292 e. The Kier molecular flexibility index (Phi) is 4.58. The van der Waals surface area contributed by atoms with Crippen molar-refractivity contribution in [1.82, 2.24) is 0 Å². The highest BCUT2D eigenvalue weighted by Crippen LogP contribution is 2.26. The fourth-order valence-corrected chi connectivity index (χ4v) is 2.17. The quantitative estimate of drug-likeness (QED) is 0.643. The summed E-state index contributed by atoms with van der Waals surface area (Å²) in [4.78, 5) is 10.7. The van der Waals surface area contributed by atoms with Crippen molar-refractivity contribution in [3.8, 4) is 0 Å². The maximum Gasteiger partial charge on any atom is 0.292 e. The highest BCUT2D eigenvalue weighted by Gasteiger charge is 2.12. The molecule has 4 heteroatoms. The number of hydrogen-bond donors (Lipinski definition) is 1. The maximum atomic E-state index is 11.0. The molecule has 0 saturated heterocycles. The third-order valence-electron chi connectivity index (χ3n) is 3.48. The van der Waals surface area contributed by atoms with Crippen LogP contribution in [-0.4, -0.2) is 4.92 Å². The van der Waals surface area contributed by atoms with Crippen molar-refractivity contribution in [3.63, 3.8) is 0 Å². The number of benzene rings is 2. The normalized spacial score (nSPS) is 10.7. The lowest BCUT2D eigenvalue weighted by Gasteiger charge is -2.10. The first kappa shape index (κ1) is 15.0. The summed E-state index contributed by atoms with van der Waals surface area (Å²) in [5.74, 6) is 0.505. The van der Waals surface area contributed by atoms with Gasteiger partial charge in [0.15, 0.2) is 0 Å². The van der Waals surface area contributed by atoms with Crippen LogP contribution in [0, 0.1) is 17.0 Å². The highest BCUT2D eigenvalue weighted by atomic mass is 16.6. The molecule has 2 aromatic carbocycles. The molecule has 4 nitrogen and oxygen atoms in total. The second-order valence-corrected chi connectivity index (χ2v) is 5.53. The van der Waals surface area contributed by atoms with E-state index >= 15 is 0 Å². The van der Waals surface area contributed by atoms with Gasteiger partial charge >= 0.3 is 0 Å². The monoisotopic (exact) mass is 284 g/mol. The molecular formula is C17H20N2O2. The topological polar surface area (TPSA) is 55.2 Å². The highest BCUT2D eigenvalue weighted by molar-refractivity contribution is 5.62. The number of aryl methyl sites for hydroxylation is 1. The number of nitro groups is 1. The van der Waals surface area contributed by atoms with E-state index in [2.05, 4.69) is 43.4 Å². The van der Waals surface area contributed by atoms with Crippen molar-refractivity contribution in [2.24, 2.45) is 0 Å². The standard InChI is InChI=1S/C17H20N2O2/c1-12(2)15-7-5-14(6-8-15)11-18-16-10-13(3)4-9-17(16)19(20)21/h4-10,12,18H,11H2,1-3H3. The number of hydrogen-bond acceptors (Lipinski definition) is 3. The van der Waals surface area contributed by atoms with Gasteiger partial charge in [-0.05, 0) is 35.6 Å². The number of nitro benzene ring substituents is 1. The van der Waals surface area contributed by atoms with Gasteiger partial charge in [0.25, 0.3) is 5.69 Å². The van der Waals surface area contributed by atoms with E-state index in [1.165, 1.54) is 5.56 Å². The zero-order chi connectivity index (χ0) is 15.4. The lowest BCUT2D eigenvalue weighted by molar-refractivity contribution is -0.384. The van der Waals surface area contributed by atoms with Gasteiger partial charge in [-0.1, -0.05) is 44.2 Å². The summed E-state index contributed by atoms with van der Waals surface area (Å²) >= 11 is 0. The Hall–Kier alpha value is -2.36. The van der Waals surface area contributed by atoms with Crippen LogP contribution in [0.25, 0.3) is 0 Å². The number of nitrogens with one attached hydrogen (secondary N) is 1. The number of rotatable bonds is 5. The molecule has 0 aromatic heterocycles. The fourth-order valence-electron chi connectivity index (χ4n) is 2.17. The van der Waals surface area contributed by atoms with Crippen LogP contribution >= 0.6 is 0 Å². The molecule has 0 fully saturated rings. The Balaban J connectivity index is 2.12. The van der Waals surface area contributed by atoms with Crippen molar-refractivity contribution in [3.05, 3.63) is 69.3 Å². The summed E-state index contributed by atoms with van der Waals surface area (Å²) in [6.45, 7) is 6.81. The van der Waals surface area contributed by atoms with Gasteiger partial charge in [0.2, 0.25) is 0 Å². The van der Waals surface area contributed by atoms with Crippen LogP contribution in [0.15, 0.2) is 42.5 Å². The molecule has 0 heterocycles. The number of nitrogens with zero attached hydrogens (tertiary/aromatic N) is 1. The third-order valence-corrected chi connectivity index (χ3v) is 3.48. The first-order valence-electron chi connectivity index (χ1n) is 7.05. The van der Waals surface area contributed by atoms with Crippen LogP contribution in [0.1, 0.15) is 36.5 Å². The van der Waals surface area contributed by atoms with Crippen LogP contribution in [0.2, 0.25) is 0 Å². The first-order valence-corrected chi connectivity index (χ1v) is 7.05. The molecule has 0 saturated carbocycles. The molecule has 0 unspecified atom stereocenters. The van der Waals surface area contributed by atoms with E-state index in [0.29, 0.717) is 18.2 Å². The van der Waals surface area contributed by atoms with Gasteiger partial charge in [0.1, 0.15) is 5.69 Å². The molecule has 0 radical (unpaired) electrons. The Morgan fingerprint density at radius 1 is 1.14 bits per heavy atom. The molecule has 0 aliphatic heterocycles. The molecule has 0 amide bonds. The molecular weight excluding hydrogens is 264 g/mol. The van der Waals surface area contributed by atoms with E-state index in [4.69, 9.17) is 0 Å². The Labute approximate surface area is 125 Å². The van der Waals surface area contributed by atoms with Crippen molar-refractivity contribution in [2.75, 3.05) is 5.32 Å². The lowest BCUT2D eigenvalue weighted by Crippen LogP contribution is -2.03. The van der Waals surface area contributed by atoms with E-state index < -0.39 is 0 Å². The molecule has 0 aliphatic carbocycles. The summed E-state index contributed by atoms with van der Waals surface area (Å²) in [5, 5.41) is 14.2. The lowest BCUT2D eigenvalue weighted by atomic mass is 10.0. The fraction of sp³-hybridized carbons (Fsp3) is 0.294. The predicted octanol–water partition coefficient (Wildman–Crippen LogP) is 4.64. The number of anilines is 1. The molecule has 0 atom stereocenters. The third kappa shape index (κ3) is 3.81. The van der Waals surface area contributed by atoms with Gasteiger partial charge in [-0.3, -0.25) is 10.1 Å². The van der Waals surface area contributed by atoms with Crippen molar-refractivity contribution >= 4 is 11.4 Å². The average molecular weight is 284 g/mol. The molecule has 110 valence electrons. The van der Waals surface area contributed by atoms with Gasteiger partial charge in [0, 0.05) is 12.6 Å². The van der Waals surface area contributed by atoms with Crippen LogP contribution in [0.5, 0.6) is 0 Å². The van der Waals surface area contributed by atoms with Gasteiger partial charge in [-0.15, -0.1) is 0 Å². The largest absolute Gasteiger partial charge is 0.375 e. The van der Waals surface area contributed by atoms with Crippen LogP contribution in [0.4, 0.5) is 11.4 Å². The Morgan fingerprint density at radius 3 is 2.38 bits per heavy atom. The minimum atomic E-state index is -0.358. The van der Waals surface area contributed by atoms with E-state index in [0.717, 1.165) is 11.1 Å². The Morgan fingerprint density at radius 2 is 1.81 bits per heavy atom. The second kappa shape index (κ2) is 6.39. The zero-order valence-electron chi connectivity index (χ0n) is 12.6. The Bertz CT molecular complexity index is 634. The van der Waals surface area contributed by atoms with Crippen molar-refractivity contribution in [2.45, 2.75) is 33.2 Å². The van der Waals surface area contributed by atoms with Gasteiger partial charge < -0.3 is 5.32 Å². The molecule has 0 bridgehead atoms. The summed E-state index contributed by atoms with van der Waals surface area (Å²) in [7, 11) is 0. The SMILES string of the molecule is Cc1ccc([N+](=O)[O-])c(NCc2ccc(C(C)C)cc2)c1. The van der Waals surface area contributed by atoms with Crippen LogP contribution in [-0.2, 0) is 6.54 Å². The summed E-state index contributed by atoms with van der Waals surface area (Å²) < 4.78 is 0. The maximum absolute atomic E-state index is 11.0. The minimum Gasteiger partial charge on any atom is -0.375 e. The molecule has 0 spiro atoms. The molecule has 1 N–H and O–H groups in total. The van der Waals surface area contributed by atoms with Crippen LogP contribution in [0.3, 0.4) is 0 Å². The molecule has 2 rings (SSSR count). The van der Waals surface area contributed by atoms with E-state index in [9.17, 15) is 10.1 Å². The minimum absolute atomic E-state index is 0.111. The molecule has 21 heavy (non-hydrogen) atoms. The van der Waals surface area contributed by atoms with E-state index in [1.54, 1.807) is 18.2 Å². The van der Waals surface area contributed by atoms with Crippen LogP contribution < -0.4 is 5.32 Å². The summed E-state index contributed by atoms with van der Waals surface area (Å²) in [6.07, 6.45) is 0. The summed E-state index contributed by atoms with van der Waals surface area (Å²) in [6, 6.07) is 13.4. The van der Waals surface area contributed by atoms with Crippen molar-refractivity contribution < 1.29 is 4.92 Å². The molecule has 2 aromatic rings. The second-order valence-electron chi connectivity index (χ2n) is 5.53. The first-order chi connectivity index (χ1) is 9.97. The zero-order valence-corrected chi connectivity index (χ0v) is 12.6. The summed E-state index contributed by atoms with van der Waals surface area (Å²) in [5.41, 5.74) is 4.07. The van der Waals surface area contributed by atoms with Gasteiger partial charge in [0.05, 0.1) is 4.92 Å². The van der Waals surface area contributed by atoms with Gasteiger partial charge in [-0.25, -0.2) is 0 Å². The predicted molar refractivity (Wildman–Crippen MR) is 85.7 cm³/mol. The van der Waals surface area contributed by atoms with E-state index in [1.807, 2.05) is 6.92 Å². The van der Waals surface area contributed by atoms with Gasteiger partial charge in [-0.2, -0.15) is 0 Å².